The lowest BCUT2D eigenvalue weighted by Gasteiger charge is -2.34. The number of rotatable bonds is 7. The number of nitrogens with one attached hydrogen (secondary N) is 1. The molecule has 2 aliphatic rings. The van der Waals surface area contributed by atoms with Crippen LogP contribution in [0, 0.1) is 5.82 Å². The van der Waals surface area contributed by atoms with E-state index in [0.29, 0.717) is 60.0 Å². The van der Waals surface area contributed by atoms with Gasteiger partial charge < -0.3 is 30.7 Å². The van der Waals surface area contributed by atoms with Gasteiger partial charge >= 0.3 is 0 Å². The van der Waals surface area contributed by atoms with Crippen molar-refractivity contribution in [3.05, 3.63) is 41.0 Å². The number of amides is 1. The first-order chi connectivity index (χ1) is 17.4. The Hall–Kier alpha value is -3.77. The van der Waals surface area contributed by atoms with Gasteiger partial charge in [-0.25, -0.2) is 14.4 Å². The Kier molecular flexibility index (Phi) is 6.46. The number of nitrogens with zero attached hydrogens (tertiary/aromatic N) is 6. The molecule has 0 atom stereocenters. The summed E-state index contributed by atoms with van der Waals surface area (Å²) in [6.07, 6.45) is 2.93. The second-order valence-electron chi connectivity index (χ2n) is 8.97. The van der Waals surface area contributed by atoms with Crippen LogP contribution in [-0.4, -0.2) is 82.6 Å². The smallest absolute Gasteiger partial charge is 0.269 e. The van der Waals surface area contributed by atoms with Crippen molar-refractivity contribution in [3.63, 3.8) is 0 Å². The number of benzene rings is 1. The molecule has 1 aliphatic heterocycles. The number of hydrogen-bond acceptors (Lipinski definition) is 9. The molecule has 1 fully saturated rings. The van der Waals surface area contributed by atoms with Crippen molar-refractivity contribution in [1.82, 2.24) is 24.6 Å². The van der Waals surface area contributed by atoms with E-state index in [1.165, 1.54) is 13.2 Å². The van der Waals surface area contributed by atoms with Gasteiger partial charge in [0.15, 0.2) is 5.69 Å². The fourth-order valence-electron chi connectivity index (χ4n) is 4.79. The predicted octanol–water partition coefficient (Wildman–Crippen LogP) is 1.17. The first-order valence-corrected chi connectivity index (χ1v) is 11.8. The molecule has 36 heavy (non-hydrogen) atoms. The summed E-state index contributed by atoms with van der Waals surface area (Å²) in [5, 5.41) is 17.0. The third-order valence-electron chi connectivity index (χ3n) is 6.69. The summed E-state index contributed by atoms with van der Waals surface area (Å²) in [7, 11) is 3.53. The Labute approximate surface area is 207 Å². The zero-order valence-corrected chi connectivity index (χ0v) is 20.3. The minimum absolute atomic E-state index is 0.153. The van der Waals surface area contributed by atoms with Crippen LogP contribution in [0.1, 0.15) is 21.6 Å². The number of methoxy groups -OCH3 is 1. The molecule has 0 spiro atoms. The summed E-state index contributed by atoms with van der Waals surface area (Å²) in [6, 6.07) is 3.08. The lowest BCUT2D eigenvalue weighted by atomic mass is 9.93. The number of aliphatic hydroxyl groups is 1. The topological polar surface area (TPSA) is 135 Å². The molecule has 2 aromatic heterocycles. The Morgan fingerprint density at radius 1 is 1.25 bits per heavy atom. The van der Waals surface area contributed by atoms with Gasteiger partial charge in [-0.3, -0.25) is 9.48 Å². The minimum atomic E-state index is -0.619. The Bertz CT molecular complexity index is 1300. The maximum absolute atomic E-state index is 15.0. The van der Waals surface area contributed by atoms with Crippen molar-refractivity contribution >= 4 is 23.2 Å². The van der Waals surface area contributed by atoms with Crippen molar-refractivity contribution in [1.29, 1.82) is 0 Å². The van der Waals surface area contributed by atoms with Crippen LogP contribution in [0.4, 0.5) is 21.7 Å². The van der Waals surface area contributed by atoms with Gasteiger partial charge in [-0.1, -0.05) is 0 Å². The fraction of sp³-hybridized carbons (Fsp3) is 0.417. The van der Waals surface area contributed by atoms with Gasteiger partial charge in [0.05, 0.1) is 43.0 Å². The number of anilines is 3. The van der Waals surface area contributed by atoms with Crippen LogP contribution < -0.4 is 20.7 Å². The molecule has 190 valence electrons. The average Bonchev–Trinajstić information content (AvgIpc) is 3.25. The number of piperazine rings is 1. The number of hydrogen-bond donors (Lipinski definition) is 3. The number of ether oxygens (including phenoxy) is 1. The van der Waals surface area contributed by atoms with Gasteiger partial charge in [-0.05, 0) is 31.5 Å². The number of primary amides is 1. The lowest BCUT2D eigenvalue weighted by Crippen LogP contribution is -2.44. The standard InChI is InChI=1S/C24H29FN8O3/c1-31-5-7-32(8-6-31)18-12-17(19(36-2)11-16(18)25)28-24-27-13-14-3-4-15-21(23(26)35)30-33(9-10-34)22(15)20(14)29-24/h11-13,34H,3-10H2,1-2H3,(H2,26,35)(H,27,28,29). The molecule has 1 saturated heterocycles. The molecule has 5 rings (SSSR count). The molecule has 1 aromatic carbocycles. The number of halogens is 1. The summed E-state index contributed by atoms with van der Waals surface area (Å²) < 4.78 is 21.9. The number of fused-ring (bicyclic) bond motifs is 3. The third kappa shape index (κ3) is 4.33. The van der Waals surface area contributed by atoms with Crippen LogP contribution in [0.2, 0.25) is 0 Å². The number of aromatic nitrogens is 4. The molecule has 3 aromatic rings. The molecule has 4 N–H and O–H groups in total. The van der Waals surface area contributed by atoms with E-state index >= 15 is 0 Å². The molecule has 12 heteroatoms. The van der Waals surface area contributed by atoms with Crippen LogP contribution >= 0.6 is 0 Å². The lowest BCUT2D eigenvalue weighted by molar-refractivity contribution is 0.0993. The maximum Gasteiger partial charge on any atom is 0.269 e. The van der Waals surface area contributed by atoms with Crippen LogP contribution in [0.3, 0.4) is 0 Å². The predicted molar refractivity (Wildman–Crippen MR) is 132 cm³/mol. The van der Waals surface area contributed by atoms with E-state index in [-0.39, 0.29) is 30.6 Å². The highest BCUT2D eigenvalue weighted by atomic mass is 19.1. The van der Waals surface area contributed by atoms with E-state index in [0.717, 1.165) is 18.7 Å². The van der Waals surface area contributed by atoms with Gasteiger partial charge in [0.1, 0.15) is 11.6 Å². The van der Waals surface area contributed by atoms with Crippen molar-refractivity contribution in [2.75, 3.05) is 57.2 Å². The van der Waals surface area contributed by atoms with Gasteiger partial charge in [-0.15, -0.1) is 0 Å². The van der Waals surface area contributed by atoms with Gasteiger partial charge in [-0.2, -0.15) is 5.10 Å². The second kappa shape index (κ2) is 9.70. The number of aliphatic hydroxyl groups excluding tert-OH is 1. The summed E-state index contributed by atoms with van der Waals surface area (Å²) in [5.74, 6) is -0.363. The summed E-state index contributed by atoms with van der Waals surface area (Å²) in [6.45, 7) is 3.17. The van der Waals surface area contributed by atoms with Crippen LogP contribution in [0.5, 0.6) is 5.75 Å². The monoisotopic (exact) mass is 496 g/mol. The third-order valence-corrected chi connectivity index (χ3v) is 6.69. The van der Waals surface area contributed by atoms with Gasteiger partial charge in [0, 0.05) is 44.0 Å². The van der Waals surface area contributed by atoms with E-state index in [1.54, 1.807) is 16.9 Å². The Morgan fingerprint density at radius 2 is 2.03 bits per heavy atom. The fourth-order valence-corrected chi connectivity index (χ4v) is 4.79. The number of aryl methyl sites for hydroxylation is 1. The van der Waals surface area contributed by atoms with E-state index in [9.17, 15) is 14.3 Å². The summed E-state index contributed by atoms with van der Waals surface area (Å²) >= 11 is 0. The zero-order valence-electron chi connectivity index (χ0n) is 20.3. The highest BCUT2D eigenvalue weighted by molar-refractivity contribution is 5.94. The molecule has 1 amide bonds. The molecular formula is C24H29FN8O3. The number of carbonyl (C=O) groups excluding carboxylic acids is 1. The Morgan fingerprint density at radius 3 is 2.72 bits per heavy atom. The van der Waals surface area contributed by atoms with Crippen LogP contribution in [0.25, 0.3) is 11.4 Å². The second-order valence-corrected chi connectivity index (χ2v) is 8.97. The van der Waals surface area contributed by atoms with E-state index < -0.39 is 5.91 Å². The highest BCUT2D eigenvalue weighted by Crippen LogP contribution is 2.37. The van der Waals surface area contributed by atoms with E-state index in [1.807, 2.05) is 11.9 Å². The molecule has 0 radical (unpaired) electrons. The summed E-state index contributed by atoms with van der Waals surface area (Å²) in [5.41, 5.74) is 9.63. The molecule has 0 bridgehead atoms. The van der Waals surface area contributed by atoms with Crippen LogP contribution in [-0.2, 0) is 19.4 Å². The molecule has 1 aliphatic carbocycles. The van der Waals surface area contributed by atoms with E-state index in [2.05, 4.69) is 20.3 Å². The first-order valence-electron chi connectivity index (χ1n) is 11.8. The molecule has 0 saturated carbocycles. The van der Waals surface area contributed by atoms with Crippen molar-refractivity contribution < 1.29 is 19.0 Å². The van der Waals surface area contributed by atoms with Gasteiger partial charge in [0.2, 0.25) is 5.95 Å². The number of likely N-dealkylation sites (N-methyl/N-ethyl adjacent to an activating group) is 1. The quantitative estimate of drug-likeness (QED) is 0.441. The number of nitrogens with two attached hydrogens (primary N) is 1. The molecule has 11 nitrogen and oxygen atoms in total. The minimum Gasteiger partial charge on any atom is -0.494 e. The highest BCUT2D eigenvalue weighted by Gasteiger charge is 2.29. The van der Waals surface area contributed by atoms with E-state index in [4.69, 9.17) is 15.5 Å². The number of carbonyl (C=O) groups is 1. The SMILES string of the molecule is COc1cc(F)c(N2CCN(C)CC2)cc1Nc1ncc2c(n1)-c1c(c(C(N)=O)nn1CCO)CC2. The first kappa shape index (κ1) is 23.9. The molecular weight excluding hydrogens is 467 g/mol. The largest absolute Gasteiger partial charge is 0.494 e. The Balaban J connectivity index is 1.52. The zero-order chi connectivity index (χ0) is 25.4. The normalized spacial score (nSPS) is 15.4. The average molecular weight is 497 g/mol. The molecule has 0 unspecified atom stereocenters. The van der Waals surface area contributed by atoms with Gasteiger partial charge in [0.25, 0.3) is 5.91 Å². The molecule has 3 heterocycles. The van der Waals surface area contributed by atoms with Crippen molar-refractivity contribution in [2.45, 2.75) is 19.4 Å². The maximum atomic E-state index is 15.0. The van der Waals surface area contributed by atoms with Crippen molar-refractivity contribution in [3.8, 4) is 17.1 Å². The summed E-state index contributed by atoms with van der Waals surface area (Å²) in [4.78, 5) is 25.4. The van der Waals surface area contributed by atoms with Crippen LogP contribution in [0.15, 0.2) is 18.3 Å². The van der Waals surface area contributed by atoms with Crippen molar-refractivity contribution in [2.24, 2.45) is 5.73 Å².